The van der Waals surface area contributed by atoms with Gasteiger partial charge >= 0.3 is 0 Å². The van der Waals surface area contributed by atoms with Gasteiger partial charge in [0, 0.05) is 48.4 Å². The second kappa shape index (κ2) is 10.1. The molecule has 2 aromatic carbocycles. The Balaban J connectivity index is 1.27. The number of halogens is 1. The molecule has 4 aliphatic rings. The molecule has 2 bridgehead atoms. The summed E-state index contributed by atoms with van der Waals surface area (Å²) in [5.41, 5.74) is 3.16. The highest BCUT2D eigenvalue weighted by Gasteiger charge is 2.45. The van der Waals surface area contributed by atoms with Crippen LogP contribution in [-0.2, 0) is 6.42 Å². The van der Waals surface area contributed by atoms with E-state index in [1.54, 1.807) is 18.3 Å². The zero-order valence-electron chi connectivity index (χ0n) is 24.2. The van der Waals surface area contributed by atoms with E-state index in [-0.39, 0.29) is 22.5 Å². The van der Waals surface area contributed by atoms with Crippen molar-refractivity contribution in [2.45, 2.75) is 69.5 Å². The molecule has 0 aliphatic carbocycles. The molecule has 7 nitrogen and oxygen atoms in total. The number of nitrogens with zero attached hydrogens (tertiary/aromatic N) is 4. The van der Waals surface area contributed by atoms with Crippen molar-refractivity contribution >= 4 is 27.4 Å². The standard InChI is InChI=1S/C34H38FN5O2/c1-2-21-6-3-7-22-14-25(41)15-26(30(21)22)32-31(35)33-27(17-36-32)28(39-18-23-8-9-24(19-39)37-23)16-29(38-33)42-20-34-10-4-12-40(34)13-5-11-34/h3,6-7,14-17,23-24,37,41H,2,4-5,8-13,18-20H2,1H3. The van der Waals surface area contributed by atoms with Gasteiger partial charge in [0.05, 0.1) is 11.2 Å². The Labute approximate surface area is 245 Å². The van der Waals surface area contributed by atoms with Crippen LogP contribution >= 0.6 is 0 Å². The lowest BCUT2D eigenvalue weighted by atomic mass is 9.95. The fraction of sp³-hybridized carbons (Fsp3) is 0.471. The smallest absolute Gasteiger partial charge is 0.216 e. The quantitative estimate of drug-likeness (QED) is 0.305. The number of fused-ring (bicyclic) bond motifs is 5. The molecule has 2 atom stereocenters. The van der Waals surface area contributed by atoms with Crippen molar-refractivity contribution in [2.24, 2.45) is 0 Å². The third-order valence-corrected chi connectivity index (χ3v) is 10.3. The number of aromatic hydroxyl groups is 1. The second-order valence-electron chi connectivity index (χ2n) is 12.8. The minimum atomic E-state index is -0.475. The SMILES string of the molecule is CCc1cccc2cc(O)cc(-c3ncc4c(N5CC6CCC(C5)N6)cc(OCC56CCCN5CCC6)nc4c3F)c12. The van der Waals surface area contributed by atoms with Crippen LogP contribution in [0.3, 0.4) is 0 Å². The molecule has 0 amide bonds. The van der Waals surface area contributed by atoms with Crippen LogP contribution in [0.2, 0.25) is 0 Å². The lowest BCUT2D eigenvalue weighted by Gasteiger charge is -2.35. The summed E-state index contributed by atoms with van der Waals surface area (Å²) in [4.78, 5) is 14.5. The number of phenolic OH excluding ortho intramolecular Hbond substituents is 1. The number of piperazine rings is 1. The first kappa shape index (κ1) is 26.2. The Hall–Kier alpha value is -3.49. The Morgan fingerprint density at radius 3 is 2.64 bits per heavy atom. The van der Waals surface area contributed by atoms with Crippen LogP contribution in [-0.4, -0.2) is 70.4 Å². The summed E-state index contributed by atoms with van der Waals surface area (Å²) >= 11 is 0. The zero-order chi connectivity index (χ0) is 28.4. The first-order valence-electron chi connectivity index (χ1n) is 15.6. The molecule has 8 heteroatoms. The average Bonchev–Trinajstić information content (AvgIpc) is 3.68. The van der Waals surface area contributed by atoms with E-state index in [4.69, 9.17) is 14.7 Å². The van der Waals surface area contributed by atoms with E-state index in [2.05, 4.69) is 28.1 Å². The number of hydrogen-bond acceptors (Lipinski definition) is 7. The van der Waals surface area contributed by atoms with Crippen molar-refractivity contribution in [1.29, 1.82) is 0 Å². The number of aryl methyl sites for hydroxylation is 1. The third-order valence-electron chi connectivity index (χ3n) is 10.3. The highest BCUT2D eigenvalue weighted by Crippen LogP contribution is 2.42. The molecule has 2 unspecified atom stereocenters. The van der Waals surface area contributed by atoms with Crippen LogP contribution in [0.1, 0.15) is 51.0 Å². The third kappa shape index (κ3) is 4.21. The van der Waals surface area contributed by atoms with Gasteiger partial charge in [-0.1, -0.05) is 25.1 Å². The minimum Gasteiger partial charge on any atom is -0.508 e. The minimum absolute atomic E-state index is 0.0733. The van der Waals surface area contributed by atoms with Crippen molar-refractivity contribution in [3.05, 3.63) is 54.0 Å². The van der Waals surface area contributed by atoms with Gasteiger partial charge in [-0.25, -0.2) is 9.37 Å². The van der Waals surface area contributed by atoms with Gasteiger partial charge in [-0.15, -0.1) is 0 Å². The number of ether oxygens (including phenoxy) is 1. The number of phenols is 1. The van der Waals surface area contributed by atoms with Crippen molar-refractivity contribution < 1.29 is 14.2 Å². The molecule has 4 fully saturated rings. The first-order chi connectivity index (χ1) is 20.5. The van der Waals surface area contributed by atoms with Crippen LogP contribution in [0.25, 0.3) is 32.9 Å². The number of rotatable bonds is 6. The maximum absolute atomic E-state index is 16.8. The normalized spacial score (nSPS) is 23.2. The van der Waals surface area contributed by atoms with Gasteiger partial charge in [0.15, 0.2) is 5.82 Å². The first-order valence-corrected chi connectivity index (χ1v) is 15.6. The van der Waals surface area contributed by atoms with Gasteiger partial charge in [-0.2, -0.15) is 0 Å². The Bertz CT molecular complexity index is 1670. The van der Waals surface area contributed by atoms with Crippen LogP contribution in [0, 0.1) is 5.82 Å². The van der Waals surface area contributed by atoms with Gasteiger partial charge in [0.1, 0.15) is 23.6 Å². The largest absolute Gasteiger partial charge is 0.508 e. The Kier molecular flexibility index (Phi) is 6.26. The van der Waals surface area contributed by atoms with E-state index in [0.29, 0.717) is 35.5 Å². The van der Waals surface area contributed by atoms with Crippen LogP contribution < -0.4 is 15.0 Å². The number of hydrogen-bond donors (Lipinski definition) is 2. The number of nitrogens with one attached hydrogen (secondary N) is 1. The molecule has 0 spiro atoms. The molecular formula is C34H38FN5O2. The maximum atomic E-state index is 16.8. The Morgan fingerprint density at radius 2 is 1.88 bits per heavy atom. The predicted octanol–water partition coefficient (Wildman–Crippen LogP) is 5.80. The summed E-state index contributed by atoms with van der Waals surface area (Å²) in [5.74, 6) is 0.0882. The molecule has 8 rings (SSSR count). The molecule has 2 aromatic heterocycles. The van der Waals surface area contributed by atoms with Gasteiger partial charge in [-0.05, 0) is 86.5 Å². The number of pyridine rings is 2. The highest BCUT2D eigenvalue weighted by atomic mass is 19.1. The van der Waals surface area contributed by atoms with Crippen molar-refractivity contribution in [2.75, 3.05) is 37.7 Å². The van der Waals surface area contributed by atoms with Crippen LogP contribution in [0.4, 0.5) is 10.1 Å². The van der Waals surface area contributed by atoms with Crippen LogP contribution in [0.5, 0.6) is 11.6 Å². The van der Waals surface area contributed by atoms with Gasteiger partial charge in [-0.3, -0.25) is 9.88 Å². The van der Waals surface area contributed by atoms with E-state index in [1.807, 2.05) is 18.2 Å². The molecule has 0 radical (unpaired) electrons. The van der Waals surface area contributed by atoms with Crippen molar-refractivity contribution in [1.82, 2.24) is 20.2 Å². The highest BCUT2D eigenvalue weighted by molar-refractivity contribution is 6.02. The molecule has 4 saturated heterocycles. The summed E-state index contributed by atoms with van der Waals surface area (Å²) in [6.07, 6.45) is 9.55. The summed E-state index contributed by atoms with van der Waals surface area (Å²) in [7, 11) is 0. The van der Waals surface area contributed by atoms with Gasteiger partial charge in [0.25, 0.3) is 0 Å². The monoisotopic (exact) mass is 567 g/mol. The molecule has 218 valence electrons. The Morgan fingerprint density at radius 1 is 1.10 bits per heavy atom. The van der Waals surface area contributed by atoms with E-state index >= 15 is 4.39 Å². The number of anilines is 1. The summed E-state index contributed by atoms with van der Waals surface area (Å²) in [6, 6.07) is 12.2. The van der Waals surface area contributed by atoms with E-state index in [1.165, 1.54) is 12.8 Å². The molecule has 4 aliphatic heterocycles. The lowest BCUT2D eigenvalue weighted by Crippen LogP contribution is -2.51. The van der Waals surface area contributed by atoms with Gasteiger partial charge < -0.3 is 20.1 Å². The zero-order valence-corrected chi connectivity index (χ0v) is 24.2. The number of benzene rings is 2. The maximum Gasteiger partial charge on any atom is 0.216 e. The molecule has 0 saturated carbocycles. The fourth-order valence-corrected chi connectivity index (χ4v) is 8.27. The predicted molar refractivity (Wildman–Crippen MR) is 164 cm³/mol. The van der Waals surface area contributed by atoms with E-state index in [9.17, 15) is 5.11 Å². The number of aromatic nitrogens is 2. The summed E-state index contributed by atoms with van der Waals surface area (Å²) in [6.45, 7) is 6.66. The van der Waals surface area contributed by atoms with Gasteiger partial charge in [0.2, 0.25) is 5.88 Å². The fourth-order valence-electron chi connectivity index (χ4n) is 8.27. The van der Waals surface area contributed by atoms with Crippen molar-refractivity contribution in [3.63, 3.8) is 0 Å². The molecular weight excluding hydrogens is 529 g/mol. The molecule has 42 heavy (non-hydrogen) atoms. The molecule has 6 heterocycles. The lowest BCUT2D eigenvalue weighted by molar-refractivity contribution is 0.111. The molecule has 2 N–H and O–H groups in total. The average molecular weight is 568 g/mol. The summed E-state index contributed by atoms with van der Waals surface area (Å²) in [5, 5.41) is 16.8. The van der Waals surface area contributed by atoms with Crippen LogP contribution in [0.15, 0.2) is 42.6 Å². The topological polar surface area (TPSA) is 73.8 Å². The van der Waals surface area contributed by atoms with Crippen molar-refractivity contribution in [3.8, 4) is 22.9 Å². The van der Waals surface area contributed by atoms with E-state index < -0.39 is 5.82 Å². The molecule has 4 aromatic rings. The second-order valence-corrected chi connectivity index (χ2v) is 12.8. The van der Waals surface area contributed by atoms with E-state index in [0.717, 1.165) is 80.3 Å². The summed E-state index contributed by atoms with van der Waals surface area (Å²) < 4.78 is 23.3.